The van der Waals surface area contributed by atoms with Crippen molar-refractivity contribution >= 4 is 16.8 Å². The number of carbonyl (C=O) groups is 1. The molecule has 1 N–H and O–H groups in total. The van der Waals surface area contributed by atoms with Gasteiger partial charge in [-0.25, -0.2) is 0 Å². The molecule has 6 heteroatoms. The van der Waals surface area contributed by atoms with Crippen LogP contribution < -0.4 is 0 Å². The standard InChI is InChI=1S/C25H28N4O2/c1-5-19-20-14-16(2)10-11-21(20)26-24(19)25-27-22(28-31-25)12-13-29(4)23(30)15-18-9-7-6-8-17(18)3/h6-11,14,26H,5,12-13,15H2,1-4H3. The second-order valence-corrected chi connectivity index (χ2v) is 8.07. The summed E-state index contributed by atoms with van der Waals surface area (Å²) in [6.07, 6.45) is 1.81. The average Bonchev–Trinajstić information content (AvgIpc) is 3.37. The summed E-state index contributed by atoms with van der Waals surface area (Å²) in [7, 11) is 1.82. The molecule has 31 heavy (non-hydrogen) atoms. The monoisotopic (exact) mass is 416 g/mol. The lowest BCUT2D eigenvalue weighted by molar-refractivity contribution is -0.129. The summed E-state index contributed by atoms with van der Waals surface area (Å²) in [6, 6.07) is 14.3. The van der Waals surface area contributed by atoms with E-state index in [0.29, 0.717) is 31.1 Å². The molecule has 0 aliphatic heterocycles. The van der Waals surface area contributed by atoms with E-state index in [-0.39, 0.29) is 5.91 Å². The Bertz CT molecular complexity index is 1220. The van der Waals surface area contributed by atoms with Crippen LogP contribution in [0.4, 0.5) is 0 Å². The molecule has 0 saturated carbocycles. The van der Waals surface area contributed by atoms with E-state index in [1.807, 2.05) is 38.2 Å². The number of fused-ring (bicyclic) bond motifs is 1. The van der Waals surface area contributed by atoms with Gasteiger partial charge in [0.15, 0.2) is 5.82 Å². The van der Waals surface area contributed by atoms with Gasteiger partial charge in [-0.05, 0) is 49.1 Å². The molecule has 2 aromatic heterocycles. The highest BCUT2D eigenvalue weighted by Crippen LogP contribution is 2.30. The molecule has 2 aromatic carbocycles. The van der Waals surface area contributed by atoms with Gasteiger partial charge >= 0.3 is 0 Å². The summed E-state index contributed by atoms with van der Waals surface area (Å²) >= 11 is 0. The number of nitrogens with zero attached hydrogens (tertiary/aromatic N) is 3. The molecule has 0 fully saturated rings. The van der Waals surface area contributed by atoms with Gasteiger partial charge in [-0.1, -0.05) is 48.0 Å². The zero-order valence-electron chi connectivity index (χ0n) is 18.5. The summed E-state index contributed by atoms with van der Waals surface area (Å²) in [4.78, 5) is 22.3. The van der Waals surface area contributed by atoms with Crippen LogP contribution in [-0.2, 0) is 24.1 Å². The van der Waals surface area contributed by atoms with Crippen molar-refractivity contribution in [3.8, 4) is 11.6 Å². The lowest BCUT2D eigenvalue weighted by atomic mass is 10.1. The van der Waals surface area contributed by atoms with E-state index >= 15 is 0 Å². The molecule has 4 rings (SSSR count). The molecule has 4 aromatic rings. The fourth-order valence-corrected chi connectivity index (χ4v) is 3.87. The van der Waals surface area contributed by atoms with E-state index in [9.17, 15) is 4.79 Å². The van der Waals surface area contributed by atoms with E-state index in [1.165, 1.54) is 16.5 Å². The number of benzene rings is 2. The highest BCUT2D eigenvalue weighted by molar-refractivity contribution is 5.90. The Balaban J connectivity index is 1.44. The van der Waals surface area contributed by atoms with Crippen LogP contribution in [0.5, 0.6) is 0 Å². The number of aromatic nitrogens is 3. The van der Waals surface area contributed by atoms with E-state index in [0.717, 1.165) is 28.8 Å². The Hall–Kier alpha value is -3.41. The Morgan fingerprint density at radius 1 is 1.16 bits per heavy atom. The molecule has 1 amide bonds. The first-order valence-corrected chi connectivity index (χ1v) is 10.7. The summed E-state index contributed by atoms with van der Waals surface area (Å²) in [6.45, 7) is 6.78. The second-order valence-electron chi connectivity index (χ2n) is 8.07. The van der Waals surface area contributed by atoms with Crippen LogP contribution in [0.15, 0.2) is 47.0 Å². The van der Waals surface area contributed by atoms with Gasteiger partial charge in [0.25, 0.3) is 5.89 Å². The van der Waals surface area contributed by atoms with Crippen molar-refractivity contribution in [1.82, 2.24) is 20.0 Å². The minimum atomic E-state index is 0.0808. The fraction of sp³-hybridized carbons (Fsp3) is 0.320. The van der Waals surface area contributed by atoms with Crippen molar-refractivity contribution in [1.29, 1.82) is 0 Å². The highest BCUT2D eigenvalue weighted by Gasteiger charge is 2.18. The van der Waals surface area contributed by atoms with Gasteiger partial charge in [0.2, 0.25) is 5.91 Å². The maximum atomic E-state index is 12.6. The third-order valence-corrected chi connectivity index (χ3v) is 5.80. The van der Waals surface area contributed by atoms with Gasteiger partial charge in [0, 0.05) is 30.9 Å². The predicted octanol–water partition coefficient (Wildman–Crippen LogP) is 4.64. The number of aromatic amines is 1. The van der Waals surface area contributed by atoms with Crippen LogP contribution in [0.3, 0.4) is 0 Å². The first kappa shape index (κ1) is 20.8. The van der Waals surface area contributed by atoms with Crippen LogP contribution in [0.2, 0.25) is 0 Å². The molecule has 0 bridgehead atoms. The highest BCUT2D eigenvalue weighted by atomic mass is 16.5. The zero-order valence-corrected chi connectivity index (χ0v) is 18.5. The number of nitrogens with one attached hydrogen (secondary N) is 1. The lowest BCUT2D eigenvalue weighted by Gasteiger charge is -2.16. The van der Waals surface area contributed by atoms with E-state index < -0.39 is 0 Å². The van der Waals surface area contributed by atoms with Gasteiger partial charge in [0.05, 0.1) is 6.42 Å². The number of carbonyl (C=O) groups excluding carboxylic acids is 1. The number of hydrogen-bond donors (Lipinski definition) is 1. The summed E-state index contributed by atoms with van der Waals surface area (Å²) in [5.74, 6) is 1.18. The van der Waals surface area contributed by atoms with Gasteiger partial charge < -0.3 is 14.4 Å². The van der Waals surface area contributed by atoms with Crippen LogP contribution in [0.25, 0.3) is 22.5 Å². The second kappa shape index (κ2) is 8.76. The summed E-state index contributed by atoms with van der Waals surface area (Å²) < 4.78 is 5.56. The van der Waals surface area contributed by atoms with Crippen molar-refractivity contribution in [2.24, 2.45) is 0 Å². The molecule has 0 aliphatic rings. The fourth-order valence-electron chi connectivity index (χ4n) is 3.87. The lowest BCUT2D eigenvalue weighted by Crippen LogP contribution is -2.30. The quantitative estimate of drug-likeness (QED) is 0.476. The van der Waals surface area contributed by atoms with Crippen molar-refractivity contribution in [3.63, 3.8) is 0 Å². The zero-order chi connectivity index (χ0) is 22.0. The Morgan fingerprint density at radius 3 is 2.74 bits per heavy atom. The Labute approximate surface area is 182 Å². The maximum Gasteiger partial charge on any atom is 0.274 e. The molecule has 0 spiro atoms. The van der Waals surface area contributed by atoms with E-state index in [2.05, 4.69) is 47.2 Å². The molecule has 2 heterocycles. The number of aryl methyl sites for hydroxylation is 3. The summed E-state index contributed by atoms with van der Waals surface area (Å²) in [5.41, 5.74) is 6.54. The smallest absolute Gasteiger partial charge is 0.274 e. The van der Waals surface area contributed by atoms with Gasteiger partial charge in [-0.3, -0.25) is 4.79 Å². The Kier molecular flexibility index (Phi) is 5.89. The van der Waals surface area contributed by atoms with E-state index in [1.54, 1.807) is 4.90 Å². The molecule has 0 atom stereocenters. The molecular formula is C25H28N4O2. The number of amides is 1. The van der Waals surface area contributed by atoms with Crippen molar-refractivity contribution < 1.29 is 9.32 Å². The van der Waals surface area contributed by atoms with Crippen LogP contribution in [-0.4, -0.2) is 39.5 Å². The normalized spacial score (nSPS) is 11.2. The third kappa shape index (κ3) is 4.38. The SMILES string of the molecule is CCc1c(-c2nc(CCN(C)C(=O)Cc3ccccc3C)no2)[nH]c2ccc(C)cc12. The van der Waals surface area contributed by atoms with Gasteiger partial charge in [0.1, 0.15) is 5.69 Å². The number of H-pyrrole nitrogens is 1. The third-order valence-electron chi connectivity index (χ3n) is 5.80. The molecule has 0 saturated heterocycles. The molecule has 0 radical (unpaired) electrons. The minimum absolute atomic E-state index is 0.0808. The Morgan fingerprint density at radius 2 is 1.97 bits per heavy atom. The van der Waals surface area contributed by atoms with E-state index in [4.69, 9.17) is 4.52 Å². The van der Waals surface area contributed by atoms with Gasteiger partial charge in [-0.15, -0.1) is 0 Å². The van der Waals surface area contributed by atoms with Crippen molar-refractivity contribution in [2.45, 2.75) is 40.0 Å². The van der Waals surface area contributed by atoms with Crippen LogP contribution in [0, 0.1) is 13.8 Å². The molecule has 0 unspecified atom stereocenters. The molecule has 6 nitrogen and oxygen atoms in total. The largest absolute Gasteiger partial charge is 0.350 e. The number of rotatable bonds is 7. The average molecular weight is 417 g/mol. The number of hydrogen-bond acceptors (Lipinski definition) is 4. The van der Waals surface area contributed by atoms with Crippen LogP contribution in [0.1, 0.15) is 35.0 Å². The number of likely N-dealkylation sites (N-methyl/N-ethyl adjacent to an activating group) is 1. The molecular weight excluding hydrogens is 388 g/mol. The minimum Gasteiger partial charge on any atom is -0.350 e. The van der Waals surface area contributed by atoms with Crippen molar-refractivity contribution in [3.05, 3.63) is 70.5 Å². The predicted molar refractivity (Wildman–Crippen MR) is 122 cm³/mol. The van der Waals surface area contributed by atoms with Crippen molar-refractivity contribution in [2.75, 3.05) is 13.6 Å². The van der Waals surface area contributed by atoms with Crippen LogP contribution >= 0.6 is 0 Å². The topological polar surface area (TPSA) is 75.0 Å². The van der Waals surface area contributed by atoms with Gasteiger partial charge in [-0.2, -0.15) is 4.98 Å². The molecule has 0 aliphatic carbocycles. The first-order chi connectivity index (χ1) is 15.0. The first-order valence-electron chi connectivity index (χ1n) is 10.7. The molecule has 160 valence electrons. The summed E-state index contributed by atoms with van der Waals surface area (Å²) in [5, 5.41) is 5.33. The maximum absolute atomic E-state index is 12.6.